The summed E-state index contributed by atoms with van der Waals surface area (Å²) in [7, 11) is 0. The zero-order valence-electron chi connectivity index (χ0n) is 15.9. The number of rotatable bonds is 2. The normalized spacial score (nSPS) is 20.6. The average molecular weight is 354 g/mol. The van der Waals surface area contributed by atoms with Gasteiger partial charge in [-0.3, -0.25) is 0 Å². The highest BCUT2D eigenvalue weighted by molar-refractivity contribution is 5.43. The molecule has 0 fully saturated rings. The molecule has 2 aromatic rings. The monoisotopic (exact) mass is 354 g/mol. The summed E-state index contributed by atoms with van der Waals surface area (Å²) in [5.74, 6) is 0. The first-order chi connectivity index (χ1) is 13.3. The van der Waals surface area contributed by atoms with Crippen LogP contribution in [0.15, 0.2) is 71.1 Å². The van der Waals surface area contributed by atoms with Gasteiger partial charge in [-0.05, 0) is 59.1 Å². The smallest absolute Gasteiger partial charge is 0.0897 e. The maximum absolute atomic E-state index is 2.68. The molecule has 2 aliphatic heterocycles. The van der Waals surface area contributed by atoms with Crippen LogP contribution in [0.1, 0.15) is 35.1 Å². The molecule has 2 aromatic carbocycles. The summed E-state index contributed by atoms with van der Waals surface area (Å²) >= 11 is 0. The Kier molecular flexibility index (Phi) is 3.47. The lowest BCUT2D eigenvalue weighted by molar-refractivity contribution is 0.215. The third-order valence-corrected chi connectivity index (χ3v) is 7.05. The van der Waals surface area contributed by atoms with Gasteiger partial charge in [-0.1, -0.05) is 48.5 Å². The van der Waals surface area contributed by atoms with Gasteiger partial charge in [0.15, 0.2) is 0 Å². The molecule has 0 N–H and O–H groups in total. The van der Waals surface area contributed by atoms with Crippen LogP contribution in [0.4, 0.5) is 0 Å². The van der Waals surface area contributed by atoms with Crippen molar-refractivity contribution in [2.24, 2.45) is 0 Å². The quantitative estimate of drug-likeness (QED) is 0.785. The van der Waals surface area contributed by atoms with Crippen molar-refractivity contribution in [2.45, 2.75) is 38.5 Å². The van der Waals surface area contributed by atoms with E-state index in [9.17, 15) is 0 Å². The van der Waals surface area contributed by atoms with Crippen molar-refractivity contribution in [2.75, 3.05) is 19.8 Å². The summed E-state index contributed by atoms with van der Waals surface area (Å²) in [6.07, 6.45) is 7.12. The van der Waals surface area contributed by atoms with E-state index in [2.05, 4.69) is 58.3 Å². The summed E-state index contributed by atoms with van der Waals surface area (Å²) in [6, 6.07) is 18.1. The van der Waals surface area contributed by atoms with Crippen molar-refractivity contribution in [1.82, 2.24) is 9.80 Å². The number of allylic oxidation sites excluding steroid dienone is 2. The second kappa shape index (κ2) is 6.02. The molecule has 136 valence electrons. The number of fused-ring (bicyclic) bond motifs is 2. The molecular formula is C25H26N2. The summed E-state index contributed by atoms with van der Waals surface area (Å²) in [5, 5.41) is 0. The van der Waals surface area contributed by atoms with Crippen molar-refractivity contribution in [1.29, 1.82) is 0 Å². The van der Waals surface area contributed by atoms with Gasteiger partial charge in [0.05, 0.1) is 6.67 Å². The Morgan fingerprint density at radius 2 is 0.963 bits per heavy atom. The van der Waals surface area contributed by atoms with Crippen LogP contribution in [0.5, 0.6) is 0 Å². The standard InChI is InChI=1S/C25H26N2/c1-3-7-20-15-24-22(13-18(20)5-1)9-11-26(24)17-27-12-10-23-14-19-6-2-4-8-21(19)16-25(23)27/h1-8H,9-17H2. The van der Waals surface area contributed by atoms with E-state index >= 15 is 0 Å². The van der Waals surface area contributed by atoms with Gasteiger partial charge < -0.3 is 9.80 Å². The van der Waals surface area contributed by atoms with Crippen molar-refractivity contribution in [3.05, 3.63) is 93.3 Å². The van der Waals surface area contributed by atoms with Crippen LogP contribution in [-0.2, 0) is 25.7 Å². The third-order valence-electron chi connectivity index (χ3n) is 7.05. The van der Waals surface area contributed by atoms with Gasteiger partial charge in [0.25, 0.3) is 0 Å². The first-order valence-electron chi connectivity index (χ1n) is 10.4. The van der Waals surface area contributed by atoms with Gasteiger partial charge in [0.1, 0.15) is 0 Å². The Balaban J connectivity index is 1.23. The molecule has 2 aliphatic carbocycles. The van der Waals surface area contributed by atoms with Crippen LogP contribution in [0.2, 0.25) is 0 Å². The third kappa shape index (κ3) is 2.54. The minimum absolute atomic E-state index is 1.09. The van der Waals surface area contributed by atoms with E-state index in [4.69, 9.17) is 0 Å². The molecule has 0 saturated heterocycles. The molecule has 27 heavy (non-hydrogen) atoms. The van der Waals surface area contributed by atoms with E-state index in [0.29, 0.717) is 0 Å². The molecule has 0 aromatic heterocycles. The van der Waals surface area contributed by atoms with E-state index in [1.165, 1.54) is 49.9 Å². The van der Waals surface area contributed by atoms with Crippen LogP contribution in [-0.4, -0.2) is 29.6 Å². The average Bonchev–Trinajstić information content (AvgIpc) is 3.28. The van der Waals surface area contributed by atoms with Crippen LogP contribution in [0.3, 0.4) is 0 Å². The number of nitrogens with zero attached hydrogens (tertiary/aromatic N) is 2. The molecule has 0 saturated carbocycles. The van der Waals surface area contributed by atoms with E-state index in [1.54, 1.807) is 33.7 Å². The Morgan fingerprint density at radius 1 is 0.556 bits per heavy atom. The van der Waals surface area contributed by atoms with E-state index in [1.807, 2.05) is 0 Å². The maximum Gasteiger partial charge on any atom is 0.0897 e. The van der Waals surface area contributed by atoms with E-state index in [-0.39, 0.29) is 0 Å². The Bertz CT molecular complexity index is 902. The molecule has 0 unspecified atom stereocenters. The zero-order chi connectivity index (χ0) is 17.8. The molecule has 0 spiro atoms. The Hall–Kier alpha value is -2.48. The molecule has 0 atom stereocenters. The minimum Gasteiger partial charge on any atom is -0.357 e. The van der Waals surface area contributed by atoms with Crippen molar-refractivity contribution < 1.29 is 0 Å². The lowest BCUT2D eigenvalue weighted by atomic mass is 9.89. The summed E-state index contributed by atoms with van der Waals surface area (Å²) in [4.78, 5) is 5.36. The fourth-order valence-electron chi connectivity index (χ4n) is 5.54. The molecule has 0 radical (unpaired) electrons. The fraction of sp³-hybridized carbons (Fsp3) is 0.360. The van der Waals surface area contributed by atoms with E-state index in [0.717, 1.165) is 19.5 Å². The lowest BCUT2D eigenvalue weighted by Gasteiger charge is -2.33. The van der Waals surface area contributed by atoms with Gasteiger partial charge in [-0.15, -0.1) is 0 Å². The van der Waals surface area contributed by atoms with Gasteiger partial charge >= 0.3 is 0 Å². The summed E-state index contributed by atoms with van der Waals surface area (Å²) in [6.45, 7) is 3.49. The number of hydrogen-bond acceptors (Lipinski definition) is 2. The molecule has 4 aliphatic rings. The van der Waals surface area contributed by atoms with Gasteiger partial charge in [0, 0.05) is 37.3 Å². The largest absolute Gasteiger partial charge is 0.357 e. The lowest BCUT2D eigenvalue weighted by Crippen LogP contribution is -2.36. The predicted molar refractivity (Wildman–Crippen MR) is 109 cm³/mol. The van der Waals surface area contributed by atoms with Crippen LogP contribution >= 0.6 is 0 Å². The fourth-order valence-corrected chi connectivity index (χ4v) is 5.54. The molecule has 6 rings (SSSR count). The first kappa shape index (κ1) is 15.6. The minimum atomic E-state index is 1.09. The Labute approximate surface area is 161 Å². The second-order valence-electron chi connectivity index (χ2n) is 8.51. The zero-order valence-corrected chi connectivity index (χ0v) is 15.9. The highest BCUT2D eigenvalue weighted by Gasteiger charge is 2.32. The SMILES string of the molecule is c1ccc2c(c1)CC1=C(C2)N(CN2CCC3=C2Cc2ccccc2C3)CC1. The van der Waals surface area contributed by atoms with Crippen LogP contribution in [0, 0.1) is 0 Å². The van der Waals surface area contributed by atoms with Crippen molar-refractivity contribution in [3.8, 4) is 0 Å². The maximum atomic E-state index is 2.68. The van der Waals surface area contributed by atoms with E-state index < -0.39 is 0 Å². The summed E-state index contributed by atoms with van der Waals surface area (Å²) < 4.78 is 0. The molecular weight excluding hydrogens is 328 g/mol. The first-order valence-corrected chi connectivity index (χ1v) is 10.4. The highest BCUT2D eigenvalue weighted by Crippen LogP contribution is 2.38. The molecule has 2 heteroatoms. The highest BCUT2D eigenvalue weighted by atomic mass is 15.3. The van der Waals surface area contributed by atoms with Crippen LogP contribution in [0.25, 0.3) is 0 Å². The molecule has 0 bridgehead atoms. The number of benzene rings is 2. The predicted octanol–water partition coefficient (Wildman–Crippen LogP) is 4.46. The number of hydrogen-bond donors (Lipinski definition) is 0. The van der Waals surface area contributed by atoms with Gasteiger partial charge in [-0.25, -0.2) is 0 Å². The van der Waals surface area contributed by atoms with Gasteiger partial charge in [-0.2, -0.15) is 0 Å². The van der Waals surface area contributed by atoms with Crippen molar-refractivity contribution in [3.63, 3.8) is 0 Å². The topological polar surface area (TPSA) is 6.48 Å². The Morgan fingerprint density at radius 3 is 1.41 bits per heavy atom. The van der Waals surface area contributed by atoms with Crippen molar-refractivity contribution >= 4 is 0 Å². The summed E-state index contributed by atoms with van der Waals surface area (Å²) in [5.41, 5.74) is 12.8. The van der Waals surface area contributed by atoms with Crippen LogP contribution < -0.4 is 0 Å². The molecule has 2 heterocycles. The molecule has 0 amide bonds. The second-order valence-corrected chi connectivity index (χ2v) is 8.51. The van der Waals surface area contributed by atoms with Gasteiger partial charge in [0.2, 0.25) is 0 Å². The molecule has 2 nitrogen and oxygen atoms in total.